The summed E-state index contributed by atoms with van der Waals surface area (Å²) >= 11 is 0. The summed E-state index contributed by atoms with van der Waals surface area (Å²) in [5, 5.41) is 9.10. The summed E-state index contributed by atoms with van der Waals surface area (Å²) in [7, 11) is -3.83. The third kappa shape index (κ3) is 3.40. The maximum Gasteiger partial charge on any atom is 0.261 e. The molecule has 0 heterocycles. The number of aliphatic hydroxyl groups is 1. The number of hydrogen-bond donors (Lipinski definition) is 2. The Balaban J connectivity index is 2.42. The molecule has 2 N–H and O–H groups in total. The van der Waals surface area contributed by atoms with E-state index in [1.165, 1.54) is 13.0 Å². The zero-order valence-corrected chi connectivity index (χ0v) is 12.5. The smallest absolute Gasteiger partial charge is 0.261 e. The second-order valence-corrected chi connectivity index (χ2v) is 6.53. The summed E-state index contributed by atoms with van der Waals surface area (Å²) in [6.45, 7) is 2.75. The van der Waals surface area contributed by atoms with Gasteiger partial charge in [-0.05, 0) is 49.2 Å². The topological polar surface area (TPSA) is 66.4 Å². The molecule has 0 aliphatic carbocycles. The number of aryl methyl sites for hydroxylation is 2. The minimum atomic E-state index is -3.83. The predicted molar refractivity (Wildman–Crippen MR) is 79.0 cm³/mol. The molecule has 0 radical (unpaired) electrons. The third-order valence-electron chi connectivity index (χ3n) is 3.05. The number of rotatable bonds is 4. The molecule has 0 saturated heterocycles. The average Bonchev–Trinajstić information content (AvgIpc) is 2.41. The highest BCUT2D eigenvalue weighted by Crippen LogP contribution is 2.22. The maximum atomic E-state index is 13.7. The highest BCUT2D eigenvalue weighted by molar-refractivity contribution is 7.92. The van der Waals surface area contributed by atoms with Gasteiger partial charge in [-0.2, -0.15) is 0 Å². The van der Waals surface area contributed by atoms with E-state index in [0.29, 0.717) is 5.69 Å². The van der Waals surface area contributed by atoms with Gasteiger partial charge >= 0.3 is 0 Å². The SMILES string of the molecule is Cc1cccc(NS(=O)(=O)c2cc(C)c(F)c(CO)c2)c1. The maximum absolute atomic E-state index is 13.7. The van der Waals surface area contributed by atoms with Crippen LogP contribution in [0.3, 0.4) is 0 Å². The monoisotopic (exact) mass is 309 g/mol. The molecule has 0 amide bonds. The predicted octanol–water partition coefficient (Wildman–Crippen LogP) is 2.74. The molecule has 6 heteroatoms. The van der Waals surface area contributed by atoms with Gasteiger partial charge < -0.3 is 5.11 Å². The van der Waals surface area contributed by atoms with Crippen LogP contribution in [0.4, 0.5) is 10.1 Å². The van der Waals surface area contributed by atoms with Gasteiger partial charge in [0, 0.05) is 11.3 Å². The zero-order valence-electron chi connectivity index (χ0n) is 11.7. The van der Waals surface area contributed by atoms with Crippen molar-refractivity contribution in [1.82, 2.24) is 0 Å². The molecular weight excluding hydrogens is 293 g/mol. The number of halogens is 1. The standard InChI is InChI=1S/C15H16FNO3S/c1-10-4-3-5-13(6-10)17-21(19,20)14-7-11(2)15(16)12(8-14)9-18/h3-8,17-18H,9H2,1-2H3. The van der Waals surface area contributed by atoms with Gasteiger partial charge in [-0.1, -0.05) is 12.1 Å². The summed E-state index contributed by atoms with van der Waals surface area (Å²) in [5.74, 6) is -0.591. The van der Waals surface area contributed by atoms with Crippen molar-refractivity contribution in [3.05, 3.63) is 58.9 Å². The molecule has 0 bridgehead atoms. The van der Waals surface area contributed by atoms with Crippen LogP contribution in [-0.2, 0) is 16.6 Å². The lowest BCUT2D eigenvalue weighted by atomic mass is 10.1. The second kappa shape index (κ2) is 5.83. The quantitative estimate of drug-likeness (QED) is 0.912. The van der Waals surface area contributed by atoms with E-state index in [-0.39, 0.29) is 16.0 Å². The van der Waals surface area contributed by atoms with Crippen LogP contribution in [0.2, 0.25) is 0 Å². The van der Waals surface area contributed by atoms with Crippen LogP contribution in [0.1, 0.15) is 16.7 Å². The first-order valence-corrected chi connectivity index (χ1v) is 7.81. The van der Waals surface area contributed by atoms with Gasteiger partial charge in [-0.15, -0.1) is 0 Å². The van der Waals surface area contributed by atoms with Crippen molar-refractivity contribution in [2.75, 3.05) is 4.72 Å². The van der Waals surface area contributed by atoms with Crippen molar-refractivity contribution >= 4 is 15.7 Å². The van der Waals surface area contributed by atoms with Gasteiger partial charge in [0.2, 0.25) is 0 Å². The normalized spacial score (nSPS) is 11.4. The fourth-order valence-corrected chi connectivity index (χ4v) is 3.18. The van der Waals surface area contributed by atoms with Crippen molar-refractivity contribution in [2.24, 2.45) is 0 Å². The summed E-state index contributed by atoms with van der Waals surface area (Å²) < 4.78 is 40.8. The first-order valence-electron chi connectivity index (χ1n) is 6.33. The summed E-state index contributed by atoms with van der Waals surface area (Å²) in [5.41, 5.74) is 1.48. The molecule has 0 atom stereocenters. The van der Waals surface area contributed by atoms with Gasteiger partial charge in [0.25, 0.3) is 10.0 Å². The molecule has 0 saturated carbocycles. The average molecular weight is 309 g/mol. The molecule has 2 rings (SSSR count). The zero-order chi connectivity index (χ0) is 15.6. The number of anilines is 1. The molecule has 0 aromatic heterocycles. The Morgan fingerprint density at radius 2 is 1.90 bits per heavy atom. The van der Waals surface area contributed by atoms with Gasteiger partial charge in [0.05, 0.1) is 11.5 Å². The molecule has 0 unspecified atom stereocenters. The molecule has 21 heavy (non-hydrogen) atoms. The number of benzene rings is 2. The molecule has 0 aliphatic heterocycles. The molecule has 2 aromatic carbocycles. The van der Waals surface area contributed by atoms with Crippen LogP contribution in [0, 0.1) is 19.7 Å². The van der Waals surface area contributed by atoms with Crippen molar-refractivity contribution in [3.63, 3.8) is 0 Å². The Morgan fingerprint density at radius 3 is 2.52 bits per heavy atom. The molecule has 0 spiro atoms. The molecule has 0 aliphatic rings. The van der Waals surface area contributed by atoms with Crippen molar-refractivity contribution < 1.29 is 17.9 Å². The van der Waals surface area contributed by atoms with E-state index in [2.05, 4.69) is 4.72 Å². The van der Waals surface area contributed by atoms with E-state index in [0.717, 1.165) is 11.6 Å². The Hall–Kier alpha value is -1.92. The summed E-state index contributed by atoms with van der Waals surface area (Å²) in [4.78, 5) is -0.0769. The lowest BCUT2D eigenvalue weighted by Gasteiger charge is -2.11. The first-order chi connectivity index (χ1) is 9.83. The number of hydrogen-bond acceptors (Lipinski definition) is 3. The first kappa shape index (κ1) is 15.5. The minimum Gasteiger partial charge on any atom is -0.392 e. The lowest BCUT2D eigenvalue weighted by molar-refractivity contribution is 0.275. The van der Waals surface area contributed by atoms with E-state index >= 15 is 0 Å². The van der Waals surface area contributed by atoms with Crippen LogP contribution in [0.15, 0.2) is 41.3 Å². The number of aliphatic hydroxyl groups excluding tert-OH is 1. The Labute approximate surface area is 123 Å². The Bertz CT molecular complexity index is 772. The summed E-state index contributed by atoms with van der Waals surface area (Å²) in [6, 6.07) is 9.30. The highest BCUT2D eigenvalue weighted by Gasteiger charge is 2.18. The van der Waals surface area contributed by atoms with Gasteiger partial charge in [0.15, 0.2) is 0 Å². The molecule has 0 fully saturated rings. The molecular formula is C15H16FNO3S. The van der Waals surface area contributed by atoms with Crippen molar-refractivity contribution in [3.8, 4) is 0 Å². The van der Waals surface area contributed by atoms with Crippen LogP contribution >= 0.6 is 0 Å². The highest BCUT2D eigenvalue weighted by atomic mass is 32.2. The van der Waals surface area contributed by atoms with Crippen LogP contribution in [-0.4, -0.2) is 13.5 Å². The van der Waals surface area contributed by atoms with Crippen LogP contribution in [0.25, 0.3) is 0 Å². The number of sulfonamides is 1. The summed E-state index contributed by atoms with van der Waals surface area (Å²) in [6.07, 6.45) is 0. The van der Waals surface area contributed by atoms with Crippen LogP contribution < -0.4 is 4.72 Å². The Kier molecular flexibility index (Phi) is 4.29. The van der Waals surface area contributed by atoms with Gasteiger partial charge in [-0.25, -0.2) is 12.8 Å². The third-order valence-corrected chi connectivity index (χ3v) is 4.42. The second-order valence-electron chi connectivity index (χ2n) is 4.85. The Morgan fingerprint density at radius 1 is 1.19 bits per heavy atom. The van der Waals surface area contributed by atoms with E-state index < -0.39 is 22.4 Å². The fraction of sp³-hybridized carbons (Fsp3) is 0.200. The minimum absolute atomic E-state index is 0.0420. The van der Waals surface area contributed by atoms with E-state index in [9.17, 15) is 12.8 Å². The molecule has 2 aromatic rings. The molecule has 4 nitrogen and oxygen atoms in total. The number of nitrogens with one attached hydrogen (secondary N) is 1. The van der Waals surface area contributed by atoms with E-state index in [1.54, 1.807) is 18.2 Å². The molecule has 112 valence electrons. The van der Waals surface area contributed by atoms with Crippen molar-refractivity contribution in [1.29, 1.82) is 0 Å². The largest absolute Gasteiger partial charge is 0.392 e. The van der Waals surface area contributed by atoms with Gasteiger partial charge in [-0.3, -0.25) is 4.72 Å². The van der Waals surface area contributed by atoms with E-state index in [1.807, 2.05) is 13.0 Å². The van der Waals surface area contributed by atoms with Crippen LogP contribution in [0.5, 0.6) is 0 Å². The van der Waals surface area contributed by atoms with Crippen molar-refractivity contribution in [2.45, 2.75) is 25.3 Å². The fourth-order valence-electron chi connectivity index (χ4n) is 2.00. The lowest BCUT2D eigenvalue weighted by Crippen LogP contribution is -2.14. The van der Waals surface area contributed by atoms with Gasteiger partial charge in [0.1, 0.15) is 5.82 Å². The van der Waals surface area contributed by atoms with E-state index in [4.69, 9.17) is 5.11 Å².